The molecule has 17 heavy (non-hydrogen) atoms. The van der Waals surface area contributed by atoms with Crippen molar-refractivity contribution in [1.29, 1.82) is 5.26 Å². The van der Waals surface area contributed by atoms with E-state index < -0.39 is 0 Å². The predicted octanol–water partition coefficient (Wildman–Crippen LogP) is 2.71. The van der Waals surface area contributed by atoms with E-state index in [1.165, 1.54) is 5.56 Å². The molecule has 1 aromatic rings. The third-order valence-electron chi connectivity index (χ3n) is 2.90. The van der Waals surface area contributed by atoms with Crippen LogP contribution in [0.25, 0.3) is 0 Å². The highest BCUT2D eigenvalue weighted by molar-refractivity contribution is 5.47. The summed E-state index contributed by atoms with van der Waals surface area (Å²) in [5.74, 6) is 0. The van der Waals surface area contributed by atoms with Crippen molar-refractivity contribution in [1.82, 2.24) is 5.32 Å². The third-order valence-corrected chi connectivity index (χ3v) is 2.90. The predicted molar refractivity (Wildman–Crippen MR) is 72.0 cm³/mol. The van der Waals surface area contributed by atoms with E-state index in [1.54, 1.807) is 0 Å². The average Bonchev–Trinajstić information content (AvgIpc) is 2.36. The van der Waals surface area contributed by atoms with E-state index in [1.807, 2.05) is 7.05 Å². The lowest BCUT2D eigenvalue weighted by Gasteiger charge is -2.19. The molecule has 3 heteroatoms. The summed E-state index contributed by atoms with van der Waals surface area (Å²) < 4.78 is 0. The van der Waals surface area contributed by atoms with E-state index >= 15 is 0 Å². The second-order valence-electron chi connectivity index (χ2n) is 4.20. The van der Waals surface area contributed by atoms with E-state index in [-0.39, 0.29) is 0 Å². The van der Waals surface area contributed by atoms with Crippen LogP contribution in [0.5, 0.6) is 0 Å². The lowest BCUT2D eigenvalue weighted by Crippen LogP contribution is -2.19. The van der Waals surface area contributed by atoms with Gasteiger partial charge in [-0.1, -0.05) is 19.1 Å². The Labute approximate surface area is 104 Å². The van der Waals surface area contributed by atoms with Crippen molar-refractivity contribution in [2.75, 3.05) is 25.0 Å². The van der Waals surface area contributed by atoms with Gasteiger partial charge in [-0.15, -0.1) is 0 Å². The maximum absolute atomic E-state index is 8.55. The van der Waals surface area contributed by atoms with Crippen molar-refractivity contribution in [2.45, 2.75) is 26.3 Å². The zero-order valence-corrected chi connectivity index (χ0v) is 10.9. The Bertz CT molecular complexity index is 364. The smallest absolute Gasteiger partial charge is 0.0640 e. The van der Waals surface area contributed by atoms with Gasteiger partial charge < -0.3 is 10.2 Å². The Kier molecular flexibility index (Phi) is 5.51. The molecule has 0 spiro atoms. The van der Waals surface area contributed by atoms with Gasteiger partial charge in [-0.3, -0.25) is 0 Å². The van der Waals surface area contributed by atoms with Crippen LogP contribution in [0, 0.1) is 11.3 Å². The Morgan fingerprint density at radius 2 is 2.00 bits per heavy atom. The molecule has 0 heterocycles. The molecule has 0 fully saturated rings. The number of nitriles is 1. The molecule has 1 unspecified atom stereocenters. The number of hydrogen-bond donors (Lipinski definition) is 1. The summed E-state index contributed by atoms with van der Waals surface area (Å²) in [6.07, 6.45) is 0.562. The summed E-state index contributed by atoms with van der Waals surface area (Å²) in [6, 6.07) is 11.1. The SMILES string of the molecule is CCNC(C)c1ccc(N(C)CCC#N)cc1. The molecule has 0 aromatic heterocycles. The topological polar surface area (TPSA) is 39.1 Å². The molecule has 0 bridgehead atoms. The number of hydrogen-bond acceptors (Lipinski definition) is 3. The zero-order chi connectivity index (χ0) is 12.7. The minimum atomic E-state index is 0.387. The van der Waals surface area contributed by atoms with Gasteiger partial charge in [0.15, 0.2) is 0 Å². The molecule has 1 atom stereocenters. The van der Waals surface area contributed by atoms with Crippen molar-refractivity contribution >= 4 is 5.69 Å². The first-order valence-electron chi connectivity index (χ1n) is 6.10. The molecule has 92 valence electrons. The van der Waals surface area contributed by atoms with Gasteiger partial charge in [-0.25, -0.2) is 0 Å². The van der Waals surface area contributed by atoms with Gasteiger partial charge in [0.25, 0.3) is 0 Å². The molecule has 0 aliphatic rings. The monoisotopic (exact) mass is 231 g/mol. The highest BCUT2D eigenvalue weighted by Gasteiger charge is 2.04. The summed E-state index contributed by atoms with van der Waals surface area (Å²) in [4.78, 5) is 2.10. The van der Waals surface area contributed by atoms with Gasteiger partial charge in [-0.05, 0) is 31.2 Å². The number of benzene rings is 1. The van der Waals surface area contributed by atoms with E-state index in [2.05, 4.69) is 54.4 Å². The lowest BCUT2D eigenvalue weighted by molar-refractivity contribution is 0.598. The van der Waals surface area contributed by atoms with Crippen LogP contribution in [0.1, 0.15) is 31.9 Å². The fourth-order valence-corrected chi connectivity index (χ4v) is 1.79. The van der Waals surface area contributed by atoms with Crippen LogP contribution in [0.3, 0.4) is 0 Å². The summed E-state index contributed by atoms with van der Waals surface area (Å²) in [5, 5.41) is 11.9. The van der Waals surface area contributed by atoms with Gasteiger partial charge in [0.05, 0.1) is 12.5 Å². The minimum absolute atomic E-state index is 0.387. The second kappa shape index (κ2) is 6.93. The van der Waals surface area contributed by atoms with Gasteiger partial charge in [-0.2, -0.15) is 5.26 Å². The number of nitrogens with one attached hydrogen (secondary N) is 1. The third kappa shape index (κ3) is 4.08. The first-order chi connectivity index (χ1) is 8.19. The minimum Gasteiger partial charge on any atom is -0.374 e. The molecule has 0 saturated heterocycles. The molecule has 1 aromatic carbocycles. The molecule has 1 rings (SSSR count). The van der Waals surface area contributed by atoms with Crippen molar-refractivity contribution < 1.29 is 0 Å². The van der Waals surface area contributed by atoms with Crippen molar-refractivity contribution in [3.05, 3.63) is 29.8 Å². The molecule has 1 N–H and O–H groups in total. The van der Waals surface area contributed by atoms with Gasteiger partial charge in [0.2, 0.25) is 0 Å². The molecular formula is C14H21N3. The van der Waals surface area contributed by atoms with Crippen LogP contribution in [0.15, 0.2) is 24.3 Å². The Morgan fingerprint density at radius 3 is 2.53 bits per heavy atom. The van der Waals surface area contributed by atoms with Crippen LogP contribution >= 0.6 is 0 Å². The maximum Gasteiger partial charge on any atom is 0.0640 e. The summed E-state index contributed by atoms with van der Waals surface area (Å²) in [6.45, 7) is 6.03. The summed E-state index contributed by atoms with van der Waals surface area (Å²) in [7, 11) is 2.01. The Hall–Kier alpha value is -1.53. The lowest BCUT2D eigenvalue weighted by atomic mass is 10.1. The summed E-state index contributed by atoms with van der Waals surface area (Å²) in [5.41, 5.74) is 2.46. The van der Waals surface area contributed by atoms with E-state index in [9.17, 15) is 0 Å². The van der Waals surface area contributed by atoms with Crippen molar-refractivity contribution in [2.24, 2.45) is 0 Å². The van der Waals surface area contributed by atoms with Crippen LogP contribution in [-0.4, -0.2) is 20.1 Å². The number of rotatable bonds is 6. The fraction of sp³-hybridized carbons (Fsp3) is 0.500. The zero-order valence-electron chi connectivity index (χ0n) is 10.9. The Morgan fingerprint density at radius 1 is 1.35 bits per heavy atom. The molecular weight excluding hydrogens is 210 g/mol. The molecule has 0 aliphatic heterocycles. The fourth-order valence-electron chi connectivity index (χ4n) is 1.79. The van der Waals surface area contributed by atoms with Crippen LogP contribution < -0.4 is 10.2 Å². The molecule has 0 saturated carbocycles. The maximum atomic E-state index is 8.55. The Balaban J connectivity index is 2.64. The van der Waals surface area contributed by atoms with Gasteiger partial charge >= 0.3 is 0 Å². The van der Waals surface area contributed by atoms with Crippen LogP contribution in [0.2, 0.25) is 0 Å². The quantitative estimate of drug-likeness (QED) is 0.818. The standard InChI is InChI=1S/C14H21N3/c1-4-16-12(2)13-6-8-14(9-7-13)17(3)11-5-10-15/h6-9,12,16H,4-5,11H2,1-3H3. The van der Waals surface area contributed by atoms with Crippen LogP contribution in [-0.2, 0) is 0 Å². The van der Waals surface area contributed by atoms with Gasteiger partial charge in [0.1, 0.15) is 0 Å². The largest absolute Gasteiger partial charge is 0.374 e. The van der Waals surface area contributed by atoms with E-state index in [4.69, 9.17) is 5.26 Å². The summed E-state index contributed by atoms with van der Waals surface area (Å²) >= 11 is 0. The highest BCUT2D eigenvalue weighted by Crippen LogP contribution is 2.18. The number of anilines is 1. The first kappa shape index (κ1) is 13.5. The molecule has 3 nitrogen and oxygen atoms in total. The normalized spacial score (nSPS) is 11.9. The van der Waals surface area contributed by atoms with Crippen molar-refractivity contribution in [3.63, 3.8) is 0 Å². The number of nitrogens with zero attached hydrogens (tertiary/aromatic N) is 2. The second-order valence-corrected chi connectivity index (χ2v) is 4.20. The van der Waals surface area contributed by atoms with Gasteiger partial charge in [0, 0.05) is 25.3 Å². The average molecular weight is 231 g/mol. The molecule has 0 amide bonds. The molecule has 0 radical (unpaired) electrons. The van der Waals surface area contributed by atoms with E-state index in [0.717, 1.165) is 18.8 Å². The molecule has 0 aliphatic carbocycles. The van der Waals surface area contributed by atoms with E-state index in [0.29, 0.717) is 12.5 Å². The highest BCUT2D eigenvalue weighted by atomic mass is 15.1. The van der Waals surface area contributed by atoms with Crippen LogP contribution in [0.4, 0.5) is 5.69 Å². The van der Waals surface area contributed by atoms with Crippen molar-refractivity contribution in [3.8, 4) is 6.07 Å². The first-order valence-corrected chi connectivity index (χ1v) is 6.10.